The van der Waals surface area contributed by atoms with Gasteiger partial charge >= 0.3 is 0 Å². The molecule has 2 fully saturated rings. The molecule has 0 N–H and O–H groups in total. The first-order valence-electron chi connectivity index (χ1n) is 7.01. The van der Waals surface area contributed by atoms with E-state index in [4.69, 9.17) is 0 Å². The fourth-order valence-electron chi connectivity index (χ4n) is 3.67. The van der Waals surface area contributed by atoms with Gasteiger partial charge in [0.25, 0.3) is 11.8 Å². The minimum Gasteiger partial charge on any atom is -0.272 e. The first-order chi connectivity index (χ1) is 10.1. The zero-order valence-electron chi connectivity index (χ0n) is 11.1. The molecule has 5 heteroatoms. The second kappa shape index (κ2) is 4.76. The second-order valence-electron chi connectivity index (χ2n) is 5.78. The van der Waals surface area contributed by atoms with Crippen LogP contribution in [0.1, 0.15) is 12.0 Å². The van der Waals surface area contributed by atoms with Crippen LogP contribution < -0.4 is 0 Å². The Balaban J connectivity index is 1.58. The van der Waals surface area contributed by atoms with Gasteiger partial charge in [-0.25, -0.2) is 0 Å². The Labute approximate surface area is 136 Å². The number of halogens is 1. The number of carbonyl (C=O) groups excluding carboxylic acids is 2. The van der Waals surface area contributed by atoms with E-state index in [1.54, 1.807) is 6.21 Å². The molecule has 0 aromatic heterocycles. The van der Waals surface area contributed by atoms with Crippen molar-refractivity contribution in [3.63, 3.8) is 0 Å². The molecule has 1 saturated carbocycles. The van der Waals surface area contributed by atoms with Crippen molar-refractivity contribution in [3.05, 3.63) is 45.6 Å². The molecule has 4 nitrogen and oxygen atoms in total. The number of nitrogens with zero attached hydrogens (tertiary/aromatic N) is 2. The smallest absolute Gasteiger partial charge is 0.254 e. The fourth-order valence-corrected chi connectivity index (χ4v) is 4.03. The number of hydrogen-bond acceptors (Lipinski definition) is 3. The van der Waals surface area contributed by atoms with Gasteiger partial charge in [-0.05, 0) is 58.5 Å². The first-order valence-corrected chi connectivity index (χ1v) is 8.09. The van der Waals surface area contributed by atoms with Crippen molar-refractivity contribution in [1.82, 2.24) is 5.01 Å². The number of amides is 2. The zero-order valence-corrected chi connectivity index (χ0v) is 13.3. The molecule has 21 heavy (non-hydrogen) atoms. The SMILES string of the molecule is O=C1[C@@H]2[C@@H](C(=O)N1/N=C\c1ccc(I)cc1)[C@H]1C=C[C@H]2C1. The second-order valence-corrected chi connectivity index (χ2v) is 7.03. The number of benzene rings is 1. The van der Waals surface area contributed by atoms with Crippen molar-refractivity contribution in [2.24, 2.45) is 28.8 Å². The Kier molecular flexibility index (Phi) is 2.99. The summed E-state index contributed by atoms with van der Waals surface area (Å²) in [6, 6.07) is 7.77. The normalized spacial score (nSPS) is 33.5. The van der Waals surface area contributed by atoms with E-state index in [0.29, 0.717) is 0 Å². The van der Waals surface area contributed by atoms with Gasteiger partial charge in [0.1, 0.15) is 0 Å². The Hall–Kier alpha value is -1.50. The summed E-state index contributed by atoms with van der Waals surface area (Å²) in [7, 11) is 0. The standard InChI is InChI=1S/C16H13IN2O2/c17-12-5-1-9(2-6-12)8-18-19-15(20)13-10-3-4-11(7-10)14(13)16(19)21/h1-6,8,10-11,13-14H,7H2/b18-8-/t10-,11-,13-,14-/m0/s1. The van der Waals surface area contributed by atoms with E-state index < -0.39 is 0 Å². The molecule has 2 bridgehead atoms. The van der Waals surface area contributed by atoms with Crippen LogP contribution in [0.2, 0.25) is 0 Å². The van der Waals surface area contributed by atoms with E-state index >= 15 is 0 Å². The molecule has 0 spiro atoms. The number of hydrazone groups is 1. The lowest BCUT2D eigenvalue weighted by molar-refractivity contribution is -0.140. The van der Waals surface area contributed by atoms with E-state index in [-0.39, 0.29) is 35.5 Å². The van der Waals surface area contributed by atoms with Crippen LogP contribution in [0.15, 0.2) is 41.5 Å². The summed E-state index contributed by atoms with van der Waals surface area (Å²) >= 11 is 2.23. The summed E-state index contributed by atoms with van der Waals surface area (Å²) in [6.45, 7) is 0. The molecule has 1 heterocycles. The molecule has 0 unspecified atom stereocenters. The predicted molar refractivity (Wildman–Crippen MR) is 86.3 cm³/mol. The van der Waals surface area contributed by atoms with Crippen molar-refractivity contribution >= 4 is 40.6 Å². The van der Waals surface area contributed by atoms with Crippen LogP contribution in [0.5, 0.6) is 0 Å². The number of hydrogen-bond donors (Lipinski definition) is 0. The van der Waals surface area contributed by atoms with Gasteiger partial charge in [-0.1, -0.05) is 24.3 Å². The summed E-state index contributed by atoms with van der Waals surface area (Å²) in [4.78, 5) is 24.8. The largest absolute Gasteiger partial charge is 0.272 e. The maximum Gasteiger partial charge on any atom is 0.254 e. The van der Waals surface area contributed by atoms with Gasteiger partial charge in [0.15, 0.2) is 0 Å². The molecular weight excluding hydrogens is 379 g/mol. The molecule has 3 aliphatic rings. The Bertz CT molecular complexity index is 650. The highest BCUT2D eigenvalue weighted by molar-refractivity contribution is 14.1. The van der Waals surface area contributed by atoms with Crippen LogP contribution >= 0.6 is 22.6 Å². The zero-order chi connectivity index (χ0) is 14.6. The van der Waals surface area contributed by atoms with Gasteiger partial charge in [0, 0.05) is 3.57 Å². The van der Waals surface area contributed by atoms with Crippen LogP contribution in [-0.4, -0.2) is 23.0 Å². The number of imide groups is 1. The quantitative estimate of drug-likeness (QED) is 0.336. The van der Waals surface area contributed by atoms with Crippen molar-refractivity contribution in [2.45, 2.75) is 6.42 Å². The molecule has 4 rings (SSSR count). The maximum absolute atomic E-state index is 12.4. The highest BCUT2D eigenvalue weighted by Crippen LogP contribution is 2.52. The third-order valence-electron chi connectivity index (χ3n) is 4.64. The number of rotatable bonds is 2. The molecule has 1 saturated heterocycles. The number of allylic oxidation sites excluding steroid dienone is 2. The monoisotopic (exact) mass is 392 g/mol. The molecule has 2 amide bonds. The molecule has 1 aliphatic heterocycles. The van der Waals surface area contributed by atoms with Crippen LogP contribution in [0.25, 0.3) is 0 Å². The van der Waals surface area contributed by atoms with E-state index in [1.807, 2.05) is 24.3 Å². The maximum atomic E-state index is 12.4. The van der Waals surface area contributed by atoms with E-state index in [1.165, 1.54) is 0 Å². The third kappa shape index (κ3) is 1.97. The molecule has 2 aliphatic carbocycles. The Morgan fingerprint density at radius 1 is 1.05 bits per heavy atom. The molecule has 0 radical (unpaired) electrons. The van der Waals surface area contributed by atoms with Crippen LogP contribution in [-0.2, 0) is 9.59 Å². The van der Waals surface area contributed by atoms with E-state index in [9.17, 15) is 9.59 Å². The highest BCUT2D eigenvalue weighted by Gasteiger charge is 2.59. The number of fused-ring (bicyclic) bond motifs is 5. The Morgan fingerprint density at radius 2 is 1.62 bits per heavy atom. The minimum absolute atomic E-state index is 0.136. The first kappa shape index (κ1) is 13.2. The van der Waals surface area contributed by atoms with Crippen LogP contribution in [0.3, 0.4) is 0 Å². The lowest BCUT2D eigenvalue weighted by Crippen LogP contribution is -2.28. The van der Waals surface area contributed by atoms with Crippen molar-refractivity contribution in [3.8, 4) is 0 Å². The van der Waals surface area contributed by atoms with Gasteiger partial charge in [0.2, 0.25) is 0 Å². The summed E-state index contributed by atoms with van der Waals surface area (Å²) < 4.78 is 1.13. The Morgan fingerprint density at radius 3 is 2.19 bits per heavy atom. The average molecular weight is 392 g/mol. The minimum atomic E-state index is -0.179. The number of carbonyl (C=O) groups is 2. The predicted octanol–water partition coefficient (Wildman–Crippen LogP) is 2.43. The third-order valence-corrected chi connectivity index (χ3v) is 5.36. The van der Waals surface area contributed by atoms with Crippen molar-refractivity contribution < 1.29 is 9.59 Å². The molecule has 1 aromatic carbocycles. The highest BCUT2D eigenvalue weighted by atomic mass is 127. The molecule has 4 atom stereocenters. The van der Waals surface area contributed by atoms with Gasteiger partial charge in [0.05, 0.1) is 18.1 Å². The lowest BCUT2D eigenvalue weighted by atomic mass is 9.85. The van der Waals surface area contributed by atoms with Gasteiger partial charge in [-0.2, -0.15) is 10.1 Å². The summed E-state index contributed by atoms with van der Waals surface area (Å²) in [5.74, 6) is -0.167. The lowest BCUT2D eigenvalue weighted by Gasteiger charge is -2.13. The fraction of sp³-hybridized carbons (Fsp3) is 0.312. The van der Waals surface area contributed by atoms with Crippen LogP contribution in [0.4, 0.5) is 0 Å². The summed E-state index contributed by atoms with van der Waals surface area (Å²) in [5.41, 5.74) is 0.883. The van der Waals surface area contributed by atoms with Gasteiger partial charge in [-0.3, -0.25) is 9.59 Å². The van der Waals surface area contributed by atoms with E-state index in [2.05, 4.69) is 39.8 Å². The summed E-state index contributed by atoms with van der Waals surface area (Å²) in [5, 5.41) is 5.23. The summed E-state index contributed by atoms with van der Waals surface area (Å²) in [6.07, 6.45) is 6.70. The topological polar surface area (TPSA) is 49.7 Å². The van der Waals surface area contributed by atoms with Crippen molar-refractivity contribution in [2.75, 3.05) is 0 Å². The molecule has 106 valence electrons. The molecule has 1 aromatic rings. The van der Waals surface area contributed by atoms with Crippen LogP contribution in [0, 0.1) is 27.2 Å². The average Bonchev–Trinajstić information content (AvgIpc) is 3.14. The van der Waals surface area contributed by atoms with Gasteiger partial charge < -0.3 is 0 Å². The molecular formula is C16H13IN2O2. The van der Waals surface area contributed by atoms with Crippen molar-refractivity contribution in [1.29, 1.82) is 0 Å². The van der Waals surface area contributed by atoms with E-state index in [0.717, 1.165) is 20.6 Å². The van der Waals surface area contributed by atoms with Gasteiger partial charge in [-0.15, -0.1) is 0 Å².